The molecule has 2 aliphatic rings. The molecule has 0 bridgehead atoms. The number of nitrogens with one attached hydrogen (secondary N) is 1. The molecule has 1 aromatic carbocycles. The van der Waals surface area contributed by atoms with E-state index in [4.69, 9.17) is 16.7 Å². The normalized spacial score (nSPS) is 19.3. The second kappa shape index (κ2) is 6.66. The van der Waals surface area contributed by atoms with Crippen molar-refractivity contribution >= 4 is 11.6 Å². The average molecular weight is 330 g/mol. The van der Waals surface area contributed by atoms with Gasteiger partial charge in [-0.05, 0) is 37.9 Å². The van der Waals surface area contributed by atoms with Gasteiger partial charge in [0.05, 0.1) is 17.4 Å². The molecule has 2 heterocycles. The molecule has 0 saturated heterocycles. The molecule has 122 valence electrons. The molecule has 1 aliphatic carbocycles. The zero-order valence-electron chi connectivity index (χ0n) is 13.5. The smallest absolute Gasteiger partial charge is 0.0721 e. The van der Waals surface area contributed by atoms with Crippen LogP contribution in [-0.2, 0) is 12.8 Å². The molecule has 1 N–H and O–H groups in total. The van der Waals surface area contributed by atoms with Crippen LogP contribution >= 0.6 is 11.6 Å². The van der Waals surface area contributed by atoms with Crippen LogP contribution in [0.4, 0.5) is 0 Å². The highest BCUT2D eigenvalue weighted by atomic mass is 35.5. The van der Waals surface area contributed by atoms with E-state index in [1.54, 1.807) is 0 Å². The number of hydrogen-bond acceptors (Lipinski definition) is 2. The van der Waals surface area contributed by atoms with E-state index >= 15 is 0 Å². The minimum absolute atomic E-state index is 0.553. The first-order valence-electron chi connectivity index (χ1n) is 8.90. The SMILES string of the molecule is Clc1cccc(-c2c3c(nn2C2CCCCC2)CCNCC3)c1. The van der Waals surface area contributed by atoms with E-state index in [1.807, 2.05) is 6.07 Å². The molecule has 3 nitrogen and oxygen atoms in total. The van der Waals surface area contributed by atoms with Gasteiger partial charge in [-0.3, -0.25) is 4.68 Å². The largest absolute Gasteiger partial charge is 0.316 e. The van der Waals surface area contributed by atoms with Crippen molar-refractivity contribution in [3.05, 3.63) is 40.5 Å². The van der Waals surface area contributed by atoms with E-state index in [1.165, 1.54) is 54.6 Å². The summed E-state index contributed by atoms with van der Waals surface area (Å²) >= 11 is 6.27. The van der Waals surface area contributed by atoms with Crippen LogP contribution < -0.4 is 5.32 Å². The van der Waals surface area contributed by atoms with Crippen molar-refractivity contribution in [3.8, 4) is 11.3 Å². The fraction of sp³-hybridized carbons (Fsp3) is 0.526. The monoisotopic (exact) mass is 329 g/mol. The van der Waals surface area contributed by atoms with Crippen LogP contribution in [0.2, 0.25) is 5.02 Å². The summed E-state index contributed by atoms with van der Waals surface area (Å²) in [7, 11) is 0. The Balaban J connectivity index is 1.84. The molecule has 1 saturated carbocycles. The van der Waals surface area contributed by atoms with Crippen LogP contribution in [0.5, 0.6) is 0 Å². The Morgan fingerprint density at radius 1 is 1.09 bits per heavy atom. The minimum Gasteiger partial charge on any atom is -0.316 e. The lowest BCUT2D eigenvalue weighted by Crippen LogP contribution is -2.19. The number of benzene rings is 1. The van der Waals surface area contributed by atoms with Crippen molar-refractivity contribution in [2.75, 3.05) is 13.1 Å². The van der Waals surface area contributed by atoms with Crippen LogP contribution in [0.15, 0.2) is 24.3 Å². The number of aromatic nitrogens is 2. The van der Waals surface area contributed by atoms with Crippen LogP contribution in [0.1, 0.15) is 49.4 Å². The van der Waals surface area contributed by atoms with E-state index in [0.717, 1.165) is 31.0 Å². The highest BCUT2D eigenvalue weighted by Crippen LogP contribution is 2.36. The number of halogens is 1. The lowest BCUT2D eigenvalue weighted by atomic mass is 9.94. The highest BCUT2D eigenvalue weighted by Gasteiger charge is 2.25. The van der Waals surface area contributed by atoms with Gasteiger partial charge in [0.25, 0.3) is 0 Å². The molecule has 0 radical (unpaired) electrons. The van der Waals surface area contributed by atoms with Crippen LogP contribution in [0, 0.1) is 0 Å². The van der Waals surface area contributed by atoms with Crippen molar-refractivity contribution in [1.82, 2.24) is 15.1 Å². The van der Waals surface area contributed by atoms with Gasteiger partial charge >= 0.3 is 0 Å². The third-order valence-corrected chi connectivity index (χ3v) is 5.44. The Morgan fingerprint density at radius 2 is 1.91 bits per heavy atom. The van der Waals surface area contributed by atoms with Gasteiger partial charge in [-0.25, -0.2) is 0 Å². The quantitative estimate of drug-likeness (QED) is 0.885. The first-order valence-corrected chi connectivity index (χ1v) is 9.27. The van der Waals surface area contributed by atoms with Crippen molar-refractivity contribution in [3.63, 3.8) is 0 Å². The summed E-state index contributed by atoms with van der Waals surface area (Å²) in [6.07, 6.45) is 8.62. The second-order valence-electron chi connectivity index (χ2n) is 6.77. The van der Waals surface area contributed by atoms with Gasteiger partial charge in [0, 0.05) is 29.1 Å². The Morgan fingerprint density at radius 3 is 2.74 bits per heavy atom. The van der Waals surface area contributed by atoms with Gasteiger partial charge in [-0.2, -0.15) is 5.10 Å². The van der Waals surface area contributed by atoms with E-state index in [-0.39, 0.29) is 0 Å². The maximum atomic E-state index is 6.27. The molecule has 0 unspecified atom stereocenters. The lowest BCUT2D eigenvalue weighted by Gasteiger charge is -2.24. The summed E-state index contributed by atoms with van der Waals surface area (Å²) in [5.41, 5.74) is 5.26. The Hall–Kier alpha value is -1.32. The summed E-state index contributed by atoms with van der Waals surface area (Å²) in [4.78, 5) is 0. The molecule has 1 aromatic heterocycles. The molecular weight excluding hydrogens is 306 g/mol. The molecule has 0 atom stereocenters. The predicted molar refractivity (Wildman–Crippen MR) is 95.1 cm³/mol. The Labute approximate surface area is 143 Å². The van der Waals surface area contributed by atoms with Gasteiger partial charge in [0.1, 0.15) is 0 Å². The number of fused-ring (bicyclic) bond motifs is 1. The lowest BCUT2D eigenvalue weighted by molar-refractivity contribution is 0.330. The molecular formula is C19H24ClN3. The van der Waals surface area contributed by atoms with Gasteiger partial charge in [0.15, 0.2) is 0 Å². The van der Waals surface area contributed by atoms with Crippen molar-refractivity contribution < 1.29 is 0 Å². The summed E-state index contributed by atoms with van der Waals surface area (Å²) in [5.74, 6) is 0. The van der Waals surface area contributed by atoms with E-state index in [2.05, 4.69) is 28.2 Å². The molecule has 2 aromatic rings. The van der Waals surface area contributed by atoms with Gasteiger partial charge < -0.3 is 5.32 Å². The molecule has 0 spiro atoms. The first kappa shape index (κ1) is 15.2. The summed E-state index contributed by atoms with van der Waals surface area (Å²) in [6, 6.07) is 8.83. The topological polar surface area (TPSA) is 29.9 Å². The zero-order valence-corrected chi connectivity index (χ0v) is 14.3. The zero-order chi connectivity index (χ0) is 15.6. The van der Waals surface area contributed by atoms with Crippen LogP contribution in [0.25, 0.3) is 11.3 Å². The third kappa shape index (κ3) is 3.05. The van der Waals surface area contributed by atoms with Gasteiger partial charge in [-0.15, -0.1) is 0 Å². The second-order valence-corrected chi connectivity index (χ2v) is 7.21. The van der Waals surface area contributed by atoms with Crippen molar-refractivity contribution in [2.24, 2.45) is 0 Å². The molecule has 23 heavy (non-hydrogen) atoms. The summed E-state index contributed by atoms with van der Waals surface area (Å²) in [6.45, 7) is 2.07. The average Bonchev–Trinajstić information content (AvgIpc) is 2.79. The predicted octanol–water partition coefficient (Wildman–Crippen LogP) is 4.40. The van der Waals surface area contributed by atoms with E-state index in [0.29, 0.717) is 6.04 Å². The molecule has 4 rings (SSSR count). The molecule has 1 aliphatic heterocycles. The standard InChI is InChI=1S/C19H24ClN3/c20-15-6-4-5-14(13-15)19-17-9-11-21-12-10-18(17)22-23(19)16-7-2-1-3-8-16/h4-6,13,16,21H,1-3,7-12H2. The van der Waals surface area contributed by atoms with Crippen molar-refractivity contribution in [1.29, 1.82) is 0 Å². The maximum Gasteiger partial charge on any atom is 0.0721 e. The fourth-order valence-corrected chi connectivity index (χ4v) is 4.25. The molecule has 1 fully saturated rings. The van der Waals surface area contributed by atoms with Crippen LogP contribution in [-0.4, -0.2) is 22.9 Å². The fourth-order valence-electron chi connectivity index (χ4n) is 4.06. The molecule has 4 heteroatoms. The van der Waals surface area contributed by atoms with Gasteiger partial charge in [0.2, 0.25) is 0 Å². The summed E-state index contributed by atoms with van der Waals surface area (Å²) in [5, 5.41) is 9.37. The number of nitrogens with zero attached hydrogens (tertiary/aromatic N) is 2. The number of hydrogen-bond donors (Lipinski definition) is 1. The number of rotatable bonds is 2. The van der Waals surface area contributed by atoms with E-state index in [9.17, 15) is 0 Å². The minimum atomic E-state index is 0.553. The summed E-state index contributed by atoms with van der Waals surface area (Å²) < 4.78 is 2.35. The van der Waals surface area contributed by atoms with Crippen LogP contribution in [0.3, 0.4) is 0 Å². The van der Waals surface area contributed by atoms with Gasteiger partial charge in [-0.1, -0.05) is 43.0 Å². The Bertz CT molecular complexity index is 686. The first-order chi connectivity index (χ1) is 11.3. The molecule has 0 amide bonds. The highest BCUT2D eigenvalue weighted by molar-refractivity contribution is 6.30. The van der Waals surface area contributed by atoms with Crippen molar-refractivity contribution in [2.45, 2.75) is 51.0 Å². The maximum absolute atomic E-state index is 6.27. The van der Waals surface area contributed by atoms with E-state index < -0.39 is 0 Å². The third-order valence-electron chi connectivity index (χ3n) is 5.20. The Kier molecular flexibility index (Phi) is 4.41.